The zero-order valence-electron chi connectivity index (χ0n) is 11.7. The number of hydrogen-bond acceptors (Lipinski definition) is 3. The molecule has 0 bridgehead atoms. The molecule has 2 aliphatic rings. The highest BCUT2D eigenvalue weighted by atomic mass is 16.5. The van der Waals surface area contributed by atoms with Crippen molar-refractivity contribution in [1.29, 1.82) is 0 Å². The molecule has 1 unspecified atom stereocenters. The van der Waals surface area contributed by atoms with Gasteiger partial charge in [0.2, 0.25) is 0 Å². The van der Waals surface area contributed by atoms with E-state index < -0.39 is 0 Å². The van der Waals surface area contributed by atoms with Crippen LogP contribution in [0.1, 0.15) is 56.7 Å². The van der Waals surface area contributed by atoms with Crippen molar-refractivity contribution in [2.45, 2.75) is 63.6 Å². The summed E-state index contributed by atoms with van der Waals surface area (Å²) in [6.45, 7) is 2.64. The molecular formula is C15H25N3O. The van der Waals surface area contributed by atoms with Crippen LogP contribution in [0.15, 0.2) is 12.3 Å². The monoisotopic (exact) mass is 263 g/mol. The summed E-state index contributed by atoms with van der Waals surface area (Å²) < 4.78 is 7.67. The van der Waals surface area contributed by atoms with Gasteiger partial charge in [0.1, 0.15) is 0 Å². The van der Waals surface area contributed by atoms with Gasteiger partial charge >= 0.3 is 0 Å². The standard InChI is InChI=1S/C15H25N3O/c1-2-6-15(7-3-1)18-9-8-13(17-18)11-16-14-5-4-10-19-12-14/h8-9,14-16H,1-7,10-12H2. The Balaban J connectivity index is 1.49. The first kappa shape index (κ1) is 13.1. The molecule has 3 rings (SSSR count). The second-order valence-electron chi connectivity index (χ2n) is 5.87. The van der Waals surface area contributed by atoms with Crippen LogP contribution in [-0.2, 0) is 11.3 Å². The van der Waals surface area contributed by atoms with Crippen LogP contribution < -0.4 is 5.32 Å². The lowest BCUT2D eigenvalue weighted by atomic mass is 9.96. The van der Waals surface area contributed by atoms with Crippen LogP contribution in [0.25, 0.3) is 0 Å². The van der Waals surface area contributed by atoms with Gasteiger partial charge in [-0.1, -0.05) is 19.3 Å². The summed E-state index contributed by atoms with van der Waals surface area (Å²) in [6.07, 6.45) is 11.3. The Labute approximate surface area is 115 Å². The molecule has 1 aromatic heterocycles. The predicted molar refractivity (Wildman–Crippen MR) is 75.0 cm³/mol. The molecule has 1 aromatic rings. The second kappa shape index (κ2) is 6.53. The van der Waals surface area contributed by atoms with Gasteiger partial charge in [-0.2, -0.15) is 5.10 Å². The Morgan fingerprint density at radius 2 is 2.11 bits per heavy atom. The molecule has 19 heavy (non-hydrogen) atoms. The van der Waals surface area contributed by atoms with Gasteiger partial charge in [-0.25, -0.2) is 0 Å². The van der Waals surface area contributed by atoms with Crippen molar-refractivity contribution in [2.75, 3.05) is 13.2 Å². The molecule has 1 saturated heterocycles. The van der Waals surface area contributed by atoms with Crippen LogP contribution in [0.3, 0.4) is 0 Å². The van der Waals surface area contributed by atoms with E-state index in [-0.39, 0.29) is 0 Å². The summed E-state index contributed by atoms with van der Waals surface area (Å²) in [6, 6.07) is 3.31. The number of ether oxygens (including phenoxy) is 1. The average Bonchev–Trinajstić information content (AvgIpc) is 2.96. The molecule has 1 aliphatic heterocycles. The average molecular weight is 263 g/mol. The smallest absolute Gasteiger partial charge is 0.0762 e. The summed E-state index contributed by atoms with van der Waals surface area (Å²) in [7, 11) is 0. The number of hydrogen-bond donors (Lipinski definition) is 1. The number of nitrogens with zero attached hydrogens (tertiary/aromatic N) is 2. The molecule has 4 nitrogen and oxygen atoms in total. The van der Waals surface area contributed by atoms with Crippen LogP contribution in [0.5, 0.6) is 0 Å². The maximum Gasteiger partial charge on any atom is 0.0762 e. The summed E-state index contributed by atoms with van der Waals surface area (Å²) >= 11 is 0. The van der Waals surface area contributed by atoms with Gasteiger partial charge in [0.05, 0.1) is 18.3 Å². The van der Waals surface area contributed by atoms with E-state index in [4.69, 9.17) is 9.84 Å². The third-order valence-corrected chi connectivity index (χ3v) is 4.34. The molecule has 1 saturated carbocycles. The van der Waals surface area contributed by atoms with Crippen LogP contribution >= 0.6 is 0 Å². The highest BCUT2D eigenvalue weighted by molar-refractivity contribution is 5.00. The van der Waals surface area contributed by atoms with E-state index in [2.05, 4.69) is 22.3 Å². The van der Waals surface area contributed by atoms with Gasteiger partial charge in [-0.15, -0.1) is 0 Å². The summed E-state index contributed by atoms with van der Waals surface area (Å²) in [5, 5.41) is 8.28. The zero-order chi connectivity index (χ0) is 12.9. The van der Waals surface area contributed by atoms with E-state index in [0.29, 0.717) is 12.1 Å². The minimum atomic E-state index is 0.508. The Hall–Kier alpha value is -0.870. The lowest BCUT2D eigenvalue weighted by Gasteiger charge is -2.23. The second-order valence-corrected chi connectivity index (χ2v) is 5.87. The van der Waals surface area contributed by atoms with Crippen molar-refractivity contribution >= 4 is 0 Å². The maximum absolute atomic E-state index is 5.48. The normalized spacial score (nSPS) is 25.6. The van der Waals surface area contributed by atoms with Gasteiger partial charge in [-0.3, -0.25) is 4.68 Å². The lowest BCUT2D eigenvalue weighted by Crippen LogP contribution is -2.36. The summed E-state index contributed by atoms with van der Waals surface area (Å²) in [4.78, 5) is 0. The van der Waals surface area contributed by atoms with Gasteiger partial charge in [0.25, 0.3) is 0 Å². The first-order chi connectivity index (χ1) is 9.42. The predicted octanol–water partition coefficient (Wildman–Crippen LogP) is 2.66. The van der Waals surface area contributed by atoms with Gasteiger partial charge in [0.15, 0.2) is 0 Å². The van der Waals surface area contributed by atoms with Crippen molar-refractivity contribution in [1.82, 2.24) is 15.1 Å². The number of nitrogens with one attached hydrogen (secondary N) is 1. The van der Waals surface area contributed by atoms with Gasteiger partial charge in [0, 0.05) is 25.4 Å². The molecule has 106 valence electrons. The molecule has 4 heteroatoms. The van der Waals surface area contributed by atoms with Crippen molar-refractivity contribution in [3.05, 3.63) is 18.0 Å². The highest BCUT2D eigenvalue weighted by Gasteiger charge is 2.17. The first-order valence-electron chi connectivity index (χ1n) is 7.77. The van der Waals surface area contributed by atoms with Gasteiger partial charge < -0.3 is 10.1 Å². The summed E-state index contributed by atoms with van der Waals surface area (Å²) in [5.74, 6) is 0. The minimum absolute atomic E-state index is 0.508. The molecule has 1 aliphatic carbocycles. The van der Waals surface area contributed by atoms with Crippen molar-refractivity contribution < 1.29 is 4.74 Å². The van der Waals surface area contributed by atoms with E-state index in [0.717, 1.165) is 25.5 Å². The molecule has 1 N–H and O–H groups in total. The molecule has 2 fully saturated rings. The van der Waals surface area contributed by atoms with Crippen LogP contribution in [0.4, 0.5) is 0 Å². The van der Waals surface area contributed by atoms with E-state index in [1.54, 1.807) is 0 Å². The van der Waals surface area contributed by atoms with E-state index in [1.807, 2.05) is 0 Å². The highest BCUT2D eigenvalue weighted by Crippen LogP contribution is 2.27. The Bertz CT molecular complexity index is 378. The SMILES string of the molecule is c1cn(C2CCCCC2)nc1CNC1CCCOC1. The van der Waals surface area contributed by atoms with Crippen molar-refractivity contribution in [2.24, 2.45) is 0 Å². The van der Waals surface area contributed by atoms with Crippen LogP contribution in [-0.4, -0.2) is 29.0 Å². The van der Waals surface area contributed by atoms with E-state index in [1.165, 1.54) is 44.9 Å². The molecule has 2 heterocycles. The Morgan fingerprint density at radius 3 is 2.89 bits per heavy atom. The fraction of sp³-hybridized carbons (Fsp3) is 0.800. The van der Waals surface area contributed by atoms with E-state index in [9.17, 15) is 0 Å². The third-order valence-electron chi connectivity index (χ3n) is 4.34. The number of aromatic nitrogens is 2. The lowest BCUT2D eigenvalue weighted by molar-refractivity contribution is 0.0698. The number of rotatable bonds is 4. The quantitative estimate of drug-likeness (QED) is 0.907. The minimum Gasteiger partial charge on any atom is -0.380 e. The van der Waals surface area contributed by atoms with Crippen molar-refractivity contribution in [3.8, 4) is 0 Å². The zero-order valence-corrected chi connectivity index (χ0v) is 11.7. The molecule has 0 spiro atoms. The first-order valence-corrected chi connectivity index (χ1v) is 7.77. The maximum atomic E-state index is 5.48. The molecule has 0 amide bonds. The van der Waals surface area contributed by atoms with Gasteiger partial charge in [-0.05, 0) is 31.7 Å². The molecular weight excluding hydrogens is 238 g/mol. The molecule has 0 aromatic carbocycles. The fourth-order valence-electron chi connectivity index (χ4n) is 3.17. The third kappa shape index (κ3) is 3.57. The topological polar surface area (TPSA) is 39.1 Å². The van der Waals surface area contributed by atoms with E-state index >= 15 is 0 Å². The Kier molecular flexibility index (Phi) is 4.51. The fourth-order valence-corrected chi connectivity index (χ4v) is 3.17. The Morgan fingerprint density at radius 1 is 1.21 bits per heavy atom. The largest absolute Gasteiger partial charge is 0.380 e. The van der Waals surface area contributed by atoms with Crippen LogP contribution in [0.2, 0.25) is 0 Å². The van der Waals surface area contributed by atoms with Crippen molar-refractivity contribution in [3.63, 3.8) is 0 Å². The molecule has 1 atom stereocenters. The molecule has 0 radical (unpaired) electrons. The summed E-state index contributed by atoms with van der Waals surface area (Å²) in [5.41, 5.74) is 1.16. The van der Waals surface area contributed by atoms with Crippen LogP contribution in [0, 0.1) is 0 Å².